The first-order valence-electron chi connectivity index (χ1n) is 8.70. The van der Waals surface area contributed by atoms with Crippen LogP contribution in [0.5, 0.6) is 0 Å². The maximum absolute atomic E-state index is 12.5. The Morgan fingerprint density at radius 3 is 2.77 bits per heavy atom. The van der Waals surface area contributed by atoms with Crippen LogP contribution in [0.1, 0.15) is 55.5 Å². The van der Waals surface area contributed by atoms with E-state index in [2.05, 4.69) is 55.2 Å². The topological polar surface area (TPSA) is 83.1 Å². The number of morpholine rings is 1. The van der Waals surface area contributed by atoms with Gasteiger partial charge in [-0.25, -0.2) is 4.98 Å². The lowest BCUT2D eigenvalue weighted by Gasteiger charge is -2.34. The van der Waals surface area contributed by atoms with Gasteiger partial charge in [-0.15, -0.1) is 11.3 Å². The molecule has 26 heavy (non-hydrogen) atoms. The van der Waals surface area contributed by atoms with Crippen molar-refractivity contribution in [2.75, 3.05) is 18.4 Å². The number of hydrogen-bond donors (Lipinski definition) is 2. The molecule has 3 rings (SSSR count). The lowest BCUT2D eigenvalue weighted by atomic mass is 10.1. The molecule has 1 amide bonds. The van der Waals surface area contributed by atoms with E-state index >= 15 is 0 Å². The number of nitrogens with zero attached hydrogens (tertiary/aromatic N) is 3. The zero-order valence-electron chi connectivity index (χ0n) is 15.4. The lowest BCUT2D eigenvalue weighted by molar-refractivity contribution is -0.0707. The minimum absolute atomic E-state index is 0.226. The summed E-state index contributed by atoms with van der Waals surface area (Å²) in [6.07, 6.45) is 0.451. The number of amides is 1. The molecular formula is C17H24BrN5O2S. The Labute approximate surface area is 165 Å². The highest BCUT2D eigenvalue weighted by Gasteiger charge is 2.23. The summed E-state index contributed by atoms with van der Waals surface area (Å²) in [4.78, 5) is 19.3. The summed E-state index contributed by atoms with van der Waals surface area (Å²) >= 11 is 4.89. The van der Waals surface area contributed by atoms with Gasteiger partial charge in [-0.3, -0.25) is 20.1 Å². The van der Waals surface area contributed by atoms with Gasteiger partial charge in [0.15, 0.2) is 10.8 Å². The Morgan fingerprint density at radius 2 is 2.15 bits per heavy atom. The van der Waals surface area contributed by atoms with Crippen molar-refractivity contribution in [3.8, 4) is 0 Å². The Kier molecular flexibility index (Phi) is 6.11. The van der Waals surface area contributed by atoms with Gasteiger partial charge in [0.05, 0.1) is 28.1 Å². The Balaban J connectivity index is 1.62. The van der Waals surface area contributed by atoms with Crippen LogP contribution in [0.25, 0.3) is 0 Å². The molecule has 2 aromatic rings. The van der Waals surface area contributed by atoms with Crippen LogP contribution in [0.3, 0.4) is 0 Å². The summed E-state index contributed by atoms with van der Waals surface area (Å²) in [5.41, 5.74) is 2.21. The van der Waals surface area contributed by atoms with E-state index in [1.54, 1.807) is 0 Å². The number of aromatic nitrogens is 3. The van der Waals surface area contributed by atoms with Gasteiger partial charge >= 0.3 is 0 Å². The molecular weight excluding hydrogens is 418 g/mol. The number of ether oxygens (including phenoxy) is 1. The number of aromatic amines is 1. The van der Waals surface area contributed by atoms with E-state index in [9.17, 15) is 4.79 Å². The first-order chi connectivity index (χ1) is 12.3. The number of carbonyl (C=O) groups excluding carboxylic acids is 1. The van der Waals surface area contributed by atoms with Gasteiger partial charge in [0.1, 0.15) is 0 Å². The van der Waals surface area contributed by atoms with Crippen LogP contribution >= 0.6 is 27.3 Å². The third-order valence-electron chi connectivity index (χ3n) is 4.18. The van der Waals surface area contributed by atoms with Crippen molar-refractivity contribution < 1.29 is 9.53 Å². The number of halogens is 1. The monoisotopic (exact) mass is 441 g/mol. The van der Waals surface area contributed by atoms with Crippen molar-refractivity contribution in [3.05, 3.63) is 26.9 Å². The number of hydrogen-bond acceptors (Lipinski definition) is 6. The molecule has 3 heterocycles. The molecule has 142 valence electrons. The van der Waals surface area contributed by atoms with Gasteiger partial charge < -0.3 is 4.74 Å². The fourth-order valence-electron chi connectivity index (χ4n) is 3.11. The summed E-state index contributed by atoms with van der Waals surface area (Å²) in [5.74, 6) is -0.0160. The van der Waals surface area contributed by atoms with E-state index < -0.39 is 0 Å². The highest BCUT2D eigenvalue weighted by molar-refractivity contribution is 9.10. The second-order valence-electron chi connectivity index (χ2n) is 7.00. The van der Waals surface area contributed by atoms with E-state index in [1.807, 2.05) is 19.2 Å². The number of anilines is 1. The molecule has 0 aromatic carbocycles. The van der Waals surface area contributed by atoms with Gasteiger partial charge in [-0.1, -0.05) is 13.8 Å². The molecule has 0 spiro atoms. The highest BCUT2D eigenvalue weighted by Crippen LogP contribution is 2.26. The van der Waals surface area contributed by atoms with Crippen LogP contribution in [0.15, 0.2) is 9.85 Å². The van der Waals surface area contributed by atoms with Crippen LogP contribution in [-0.4, -0.2) is 51.3 Å². The SMILES string of the molecule is CC1CN(Cc2csc(NC(=O)c3n[nH]c(C(C)C)c3Br)n2)CC(C)O1. The molecule has 0 radical (unpaired) electrons. The van der Waals surface area contributed by atoms with Crippen LogP contribution in [-0.2, 0) is 11.3 Å². The summed E-state index contributed by atoms with van der Waals surface area (Å²) in [6, 6.07) is 0. The van der Waals surface area contributed by atoms with Gasteiger partial charge in [0, 0.05) is 25.0 Å². The molecule has 1 aliphatic rings. The third-order valence-corrected chi connectivity index (χ3v) is 5.79. The second-order valence-corrected chi connectivity index (χ2v) is 8.66. The van der Waals surface area contributed by atoms with E-state index in [4.69, 9.17) is 4.74 Å². The molecule has 2 N–H and O–H groups in total. The zero-order chi connectivity index (χ0) is 18.8. The molecule has 1 aliphatic heterocycles. The molecule has 0 bridgehead atoms. The van der Waals surface area contributed by atoms with Crippen molar-refractivity contribution in [3.63, 3.8) is 0 Å². The average molecular weight is 442 g/mol. The maximum Gasteiger partial charge on any atom is 0.279 e. The molecule has 1 saturated heterocycles. The Bertz CT molecular complexity index is 765. The van der Waals surface area contributed by atoms with Gasteiger partial charge in [0.2, 0.25) is 0 Å². The van der Waals surface area contributed by atoms with Crippen LogP contribution in [0.4, 0.5) is 5.13 Å². The number of H-pyrrole nitrogens is 1. The van der Waals surface area contributed by atoms with E-state index in [0.29, 0.717) is 15.3 Å². The smallest absolute Gasteiger partial charge is 0.279 e. The standard InChI is InChI=1S/C17H24BrN5O2S/c1-9(2)14-13(18)15(22-21-14)16(24)20-17-19-12(8-26-17)7-23-5-10(3)25-11(4)6-23/h8-11H,5-7H2,1-4H3,(H,21,22)(H,19,20,24). The third kappa shape index (κ3) is 4.51. The molecule has 2 aromatic heterocycles. The average Bonchev–Trinajstić information content (AvgIpc) is 3.12. The fraction of sp³-hybridized carbons (Fsp3) is 0.588. The lowest BCUT2D eigenvalue weighted by Crippen LogP contribution is -2.44. The maximum atomic E-state index is 12.5. The summed E-state index contributed by atoms with van der Waals surface area (Å²) in [6.45, 7) is 10.8. The Hall–Kier alpha value is -1.29. The van der Waals surface area contributed by atoms with Crippen LogP contribution in [0.2, 0.25) is 0 Å². The summed E-state index contributed by atoms with van der Waals surface area (Å²) < 4.78 is 6.47. The largest absolute Gasteiger partial charge is 0.373 e. The molecule has 2 atom stereocenters. The number of thiazole rings is 1. The van der Waals surface area contributed by atoms with Gasteiger partial charge in [0.25, 0.3) is 5.91 Å². The summed E-state index contributed by atoms with van der Waals surface area (Å²) in [7, 11) is 0. The van der Waals surface area contributed by atoms with E-state index in [1.165, 1.54) is 11.3 Å². The van der Waals surface area contributed by atoms with Gasteiger partial charge in [-0.05, 0) is 35.7 Å². The van der Waals surface area contributed by atoms with Gasteiger partial charge in [-0.2, -0.15) is 5.10 Å². The molecule has 7 nitrogen and oxygen atoms in total. The second kappa shape index (κ2) is 8.16. The Morgan fingerprint density at radius 1 is 1.46 bits per heavy atom. The van der Waals surface area contributed by atoms with Crippen molar-refractivity contribution in [2.24, 2.45) is 0 Å². The molecule has 0 aliphatic carbocycles. The molecule has 9 heteroatoms. The van der Waals surface area contributed by atoms with Crippen molar-refractivity contribution in [1.82, 2.24) is 20.1 Å². The first kappa shape index (κ1) is 19.5. The molecule has 1 fully saturated rings. The predicted octanol–water partition coefficient (Wildman–Crippen LogP) is 3.61. The quantitative estimate of drug-likeness (QED) is 0.739. The fourth-order valence-corrected chi connectivity index (χ4v) is 4.62. The van der Waals surface area contributed by atoms with Crippen molar-refractivity contribution >= 4 is 38.3 Å². The van der Waals surface area contributed by atoms with Crippen molar-refractivity contribution in [1.29, 1.82) is 0 Å². The van der Waals surface area contributed by atoms with E-state index in [-0.39, 0.29) is 24.0 Å². The number of carbonyl (C=O) groups is 1. The van der Waals surface area contributed by atoms with Crippen molar-refractivity contribution in [2.45, 2.75) is 52.4 Å². The minimum atomic E-state index is -0.269. The normalized spacial score (nSPS) is 21.3. The minimum Gasteiger partial charge on any atom is -0.373 e. The van der Waals surface area contributed by atoms with Crippen LogP contribution in [0, 0.1) is 0 Å². The number of nitrogens with one attached hydrogen (secondary N) is 2. The predicted molar refractivity (Wildman–Crippen MR) is 106 cm³/mol. The van der Waals surface area contributed by atoms with E-state index in [0.717, 1.165) is 31.0 Å². The molecule has 0 saturated carbocycles. The molecule has 2 unspecified atom stereocenters. The zero-order valence-corrected chi connectivity index (χ0v) is 17.8. The van der Waals surface area contributed by atoms with Crippen LogP contribution < -0.4 is 5.32 Å². The summed E-state index contributed by atoms with van der Waals surface area (Å²) in [5, 5.41) is 12.4. The first-order valence-corrected chi connectivity index (χ1v) is 10.4. The highest BCUT2D eigenvalue weighted by atomic mass is 79.9. The number of rotatable bonds is 5.